The second-order valence-electron chi connectivity index (χ2n) is 11.3. The summed E-state index contributed by atoms with van der Waals surface area (Å²) in [5.41, 5.74) is 0.141. The van der Waals surface area contributed by atoms with Gasteiger partial charge in [-0.15, -0.1) is 0 Å². The first-order valence-corrected chi connectivity index (χ1v) is 14.4. The number of carbonyl (C=O) groups is 3. The number of halogens is 1. The van der Waals surface area contributed by atoms with Crippen molar-refractivity contribution in [3.63, 3.8) is 0 Å². The van der Waals surface area contributed by atoms with E-state index in [0.717, 1.165) is 31.9 Å². The van der Waals surface area contributed by atoms with Gasteiger partial charge in [0.1, 0.15) is 11.9 Å². The molecule has 9 heteroatoms. The van der Waals surface area contributed by atoms with E-state index in [1.54, 1.807) is 11.0 Å². The van der Waals surface area contributed by atoms with Crippen molar-refractivity contribution in [2.75, 3.05) is 19.6 Å². The van der Waals surface area contributed by atoms with Crippen molar-refractivity contribution < 1.29 is 23.9 Å². The first-order chi connectivity index (χ1) is 18.7. The largest absolute Gasteiger partial charge is 0.481 e. The average Bonchev–Trinajstić information content (AvgIpc) is 2.94. The summed E-state index contributed by atoms with van der Waals surface area (Å²) in [6.07, 6.45) is 8.07. The molecule has 0 saturated carbocycles. The molecule has 39 heavy (non-hydrogen) atoms. The van der Waals surface area contributed by atoms with E-state index in [1.165, 1.54) is 31.4 Å². The van der Waals surface area contributed by atoms with Gasteiger partial charge < -0.3 is 20.6 Å². The molecule has 0 aromatic heterocycles. The molecule has 214 valence electrons. The highest BCUT2D eigenvalue weighted by Gasteiger charge is 2.31. The molecule has 5 atom stereocenters. The molecule has 2 heterocycles. The first kappa shape index (κ1) is 30.6. The average molecular weight is 543 g/mol. The monoisotopic (exact) mass is 542 g/mol. The first-order valence-electron chi connectivity index (χ1n) is 14.4. The van der Waals surface area contributed by atoms with Crippen molar-refractivity contribution in [1.82, 2.24) is 15.5 Å². The van der Waals surface area contributed by atoms with E-state index in [4.69, 9.17) is 5.26 Å². The zero-order valence-electron chi connectivity index (χ0n) is 23.3. The van der Waals surface area contributed by atoms with Crippen LogP contribution in [0.3, 0.4) is 0 Å². The van der Waals surface area contributed by atoms with E-state index in [1.807, 2.05) is 0 Å². The van der Waals surface area contributed by atoms with Crippen LogP contribution in [0.25, 0.3) is 0 Å². The molecule has 2 aliphatic rings. The van der Waals surface area contributed by atoms with Crippen molar-refractivity contribution in [3.05, 3.63) is 35.1 Å². The Morgan fingerprint density at radius 2 is 2.10 bits per heavy atom. The van der Waals surface area contributed by atoms with E-state index in [0.29, 0.717) is 50.2 Å². The number of hydrogen-bond donors (Lipinski definition) is 3. The molecule has 2 amide bonds. The minimum atomic E-state index is -1.13. The standard InChI is InChI=1S/C30H43FN4O4/c1-3-4-6-20(2)26-15-21(12-13-33-26)8-11-28(36)35-14-5-7-24(19-35)30(39)34-27(17-29(37)38)22-9-10-23(18-32)25(31)16-22/h9-10,16,20-21,24,26-27,33H,3-8,11-15,17,19H2,1-2H3,(H,34,39)(H,37,38). The summed E-state index contributed by atoms with van der Waals surface area (Å²) in [4.78, 5) is 39.4. The molecule has 2 aliphatic heterocycles. The fourth-order valence-corrected chi connectivity index (χ4v) is 5.91. The number of benzene rings is 1. The molecule has 3 N–H and O–H groups in total. The molecule has 1 aromatic carbocycles. The highest BCUT2D eigenvalue weighted by Crippen LogP contribution is 2.28. The predicted octanol–water partition coefficient (Wildman–Crippen LogP) is 4.54. The maximum absolute atomic E-state index is 14.2. The van der Waals surface area contributed by atoms with Gasteiger partial charge in [-0.05, 0) is 74.6 Å². The minimum absolute atomic E-state index is 0.0675. The highest BCUT2D eigenvalue weighted by molar-refractivity contribution is 5.82. The van der Waals surface area contributed by atoms with Gasteiger partial charge in [-0.25, -0.2) is 4.39 Å². The summed E-state index contributed by atoms with van der Waals surface area (Å²) in [7, 11) is 0. The summed E-state index contributed by atoms with van der Waals surface area (Å²) >= 11 is 0. The van der Waals surface area contributed by atoms with Crippen LogP contribution in [0, 0.1) is 34.9 Å². The lowest BCUT2D eigenvalue weighted by Gasteiger charge is -2.35. The molecule has 0 spiro atoms. The van der Waals surface area contributed by atoms with Crippen molar-refractivity contribution in [1.29, 1.82) is 5.26 Å². The van der Waals surface area contributed by atoms with Crippen LogP contribution in [0.1, 0.15) is 95.2 Å². The summed E-state index contributed by atoms with van der Waals surface area (Å²) in [6.45, 7) is 6.44. The van der Waals surface area contributed by atoms with Gasteiger partial charge in [-0.2, -0.15) is 5.26 Å². The molecule has 2 fully saturated rings. The maximum Gasteiger partial charge on any atom is 0.305 e. The van der Waals surface area contributed by atoms with Gasteiger partial charge in [0, 0.05) is 25.6 Å². The topological polar surface area (TPSA) is 123 Å². The molecule has 8 nitrogen and oxygen atoms in total. The van der Waals surface area contributed by atoms with Crippen molar-refractivity contribution in [2.45, 2.75) is 90.1 Å². The molecule has 5 unspecified atom stereocenters. The van der Waals surface area contributed by atoms with E-state index in [-0.39, 0.29) is 22.9 Å². The fraction of sp³-hybridized carbons (Fsp3) is 0.667. The fourth-order valence-electron chi connectivity index (χ4n) is 5.91. The number of amides is 2. The number of hydrogen-bond acceptors (Lipinski definition) is 5. The van der Waals surface area contributed by atoms with Crippen LogP contribution in [-0.2, 0) is 14.4 Å². The van der Waals surface area contributed by atoms with Gasteiger partial charge in [-0.1, -0.05) is 32.8 Å². The quantitative estimate of drug-likeness (QED) is 0.356. The number of carboxylic acid groups (broad SMARTS) is 1. The van der Waals surface area contributed by atoms with Crippen LogP contribution >= 0.6 is 0 Å². The number of nitrogens with one attached hydrogen (secondary N) is 2. The lowest BCUT2D eigenvalue weighted by atomic mass is 9.82. The smallest absolute Gasteiger partial charge is 0.305 e. The zero-order valence-corrected chi connectivity index (χ0v) is 23.3. The van der Waals surface area contributed by atoms with E-state index in [2.05, 4.69) is 24.5 Å². The van der Waals surface area contributed by atoms with Crippen LogP contribution in [-0.4, -0.2) is 53.5 Å². The number of nitrogens with zero attached hydrogens (tertiary/aromatic N) is 2. The Balaban J connectivity index is 1.53. The molecular weight excluding hydrogens is 499 g/mol. The summed E-state index contributed by atoms with van der Waals surface area (Å²) in [5, 5.41) is 24.7. The van der Waals surface area contributed by atoms with Crippen LogP contribution in [0.2, 0.25) is 0 Å². The lowest BCUT2D eigenvalue weighted by molar-refractivity contribution is -0.138. The second-order valence-corrected chi connectivity index (χ2v) is 11.3. The van der Waals surface area contributed by atoms with Gasteiger partial charge in [0.25, 0.3) is 0 Å². The Labute approximate surface area is 231 Å². The van der Waals surface area contributed by atoms with E-state index >= 15 is 0 Å². The highest BCUT2D eigenvalue weighted by atomic mass is 19.1. The van der Waals surface area contributed by atoms with Crippen molar-refractivity contribution >= 4 is 17.8 Å². The molecule has 0 aliphatic carbocycles. The second kappa shape index (κ2) is 15.0. The van der Waals surface area contributed by atoms with Crippen LogP contribution in [0.5, 0.6) is 0 Å². The number of nitriles is 1. The lowest BCUT2D eigenvalue weighted by Crippen LogP contribution is -2.46. The SMILES string of the molecule is CCCCC(C)C1CC(CCC(=O)N2CCCC(C(=O)NC(CC(=O)O)c3ccc(C#N)c(F)c3)C2)CCN1. The number of carbonyl (C=O) groups excluding carboxylic acids is 2. The van der Waals surface area contributed by atoms with Crippen molar-refractivity contribution in [2.24, 2.45) is 17.8 Å². The molecule has 0 radical (unpaired) electrons. The maximum atomic E-state index is 14.2. The van der Waals surface area contributed by atoms with Gasteiger partial charge in [0.2, 0.25) is 11.8 Å². The Kier molecular flexibility index (Phi) is 11.7. The van der Waals surface area contributed by atoms with Gasteiger partial charge in [0.15, 0.2) is 0 Å². The normalized spacial score (nSPS) is 22.9. The number of unbranched alkanes of at least 4 members (excludes halogenated alkanes) is 1. The minimum Gasteiger partial charge on any atom is -0.481 e. The number of carboxylic acids is 1. The van der Waals surface area contributed by atoms with Gasteiger partial charge >= 0.3 is 5.97 Å². The third kappa shape index (κ3) is 9.03. The number of likely N-dealkylation sites (tertiary alicyclic amines) is 1. The Bertz CT molecular complexity index is 1040. The summed E-state index contributed by atoms with van der Waals surface area (Å²) < 4.78 is 14.2. The van der Waals surface area contributed by atoms with Gasteiger partial charge in [0.05, 0.1) is 23.9 Å². The number of aliphatic carboxylic acids is 1. The van der Waals surface area contributed by atoms with Gasteiger partial charge in [-0.3, -0.25) is 14.4 Å². The molecule has 3 rings (SSSR count). The summed E-state index contributed by atoms with van der Waals surface area (Å²) in [6, 6.07) is 5.15. The molecule has 2 saturated heterocycles. The predicted molar refractivity (Wildman–Crippen MR) is 146 cm³/mol. The number of rotatable bonds is 12. The zero-order chi connectivity index (χ0) is 28.4. The molecule has 0 bridgehead atoms. The molecule has 1 aromatic rings. The third-order valence-electron chi connectivity index (χ3n) is 8.37. The Morgan fingerprint density at radius 3 is 2.79 bits per heavy atom. The third-order valence-corrected chi connectivity index (χ3v) is 8.37. The van der Waals surface area contributed by atoms with Crippen LogP contribution < -0.4 is 10.6 Å². The van der Waals surface area contributed by atoms with E-state index in [9.17, 15) is 23.9 Å². The Hall–Kier alpha value is -2.99. The van der Waals surface area contributed by atoms with E-state index < -0.39 is 30.2 Å². The van der Waals surface area contributed by atoms with Crippen LogP contribution in [0.15, 0.2) is 18.2 Å². The van der Waals surface area contributed by atoms with Crippen LogP contribution in [0.4, 0.5) is 4.39 Å². The number of piperidine rings is 2. The summed E-state index contributed by atoms with van der Waals surface area (Å²) in [5.74, 6) is -1.46. The molecular formula is C30H43FN4O4. The Morgan fingerprint density at radius 1 is 1.31 bits per heavy atom. The van der Waals surface area contributed by atoms with Crippen molar-refractivity contribution in [3.8, 4) is 6.07 Å².